The molecule has 0 fully saturated rings. The lowest BCUT2D eigenvalue weighted by Crippen LogP contribution is -1.95. The average Bonchev–Trinajstić information content (AvgIpc) is 2.28. The van der Waals surface area contributed by atoms with Crippen molar-refractivity contribution in [3.05, 3.63) is 47.5 Å². The Morgan fingerprint density at radius 1 is 1.25 bits per heavy atom. The number of halogens is 1. The van der Waals surface area contributed by atoms with E-state index in [1.807, 2.05) is 6.07 Å². The van der Waals surface area contributed by atoms with Crippen LogP contribution in [-0.2, 0) is 0 Å². The number of nitrogens with zero attached hydrogens (tertiary/aromatic N) is 3. The maximum absolute atomic E-state index is 13.0. The molecule has 0 bridgehead atoms. The summed E-state index contributed by atoms with van der Waals surface area (Å²) in [5, 5.41) is 8.77. The van der Waals surface area contributed by atoms with Gasteiger partial charge < -0.3 is 0 Å². The summed E-state index contributed by atoms with van der Waals surface area (Å²) in [6.45, 7) is 1.77. The van der Waals surface area contributed by atoms with Gasteiger partial charge in [0.05, 0.1) is 0 Å². The fourth-order valence-corrected chi connectivity index (χ4v) is 1.38. The summed E-state index contributed by atoms with van der Waals surface area (Å²) in [6, 6.07) is 9.52. The molecule has 0 saturated carbocycles. The molecule has 16 heavy (non-hydrogen) atoms. The van der Waals surface area contributed by atoms with Crippen molar-refractivity contribution >= 4 is 0 Å². The van der Waals surface area contributed by atoms with Crippen molar-refractivity contribution in [1.29, 1.82) is 5.26 Å². The molecule has 0 atom stereocenters. The first-order valence-corrected chi connectivity index (χ1v) is 4.71. The minimum atomic E-state index is -0.346. The first-order chi connectivity index (χ1) is 7.69. The lowest BCUT2D eigenvalue weighted by atomic mass is 10.2. The van der Waals surface area contributed by atoms with Gasteiger partial charge in [0.25, 0.3) is 0 Å². The quantitative estimate of drug-likeness (QED) is 0.731. The maximum atomic E-state index is 13.0. The van der Waals surface area contributed by atoms with E-state index in [9.17, 15) is 4.39 Å². The Morgan fingerprint density at radius 2 is 2.06 bits per heavy atom. The van der Waals surface area contributed by atoms with Crippen LogP contribution in [0.2, 0.25) is 0 Å². The van der Waals surface area contributed by atoms with Gasteiger partial charge in [-0.15, -0.1) is 0 Å². The predicted octanol–water partition coefficient (Wildman–Crippen LogP) is 2.46. The highest BCUT2D eigenvalue weighted by molar-refractivity contribution is 5.55. The molecule has 0 aliphatic heterocycles. The van der Waals surface area contributed by atoms with Crippen LogP contribution >= 0.6 is 0 Å². The number of benzene rings is 1. The second-order valence-electron chi connectivity index (χ2n) is 3.34. The molecule has 78 valence electrons. The largest absolute Gasteiger partial charge is 0.233 e. The van der Waals surface area contributed by atoms with Crippen LogP contribution in [0.1, 0.15) is 11.4 Å². The summed E-state index contributed by atoms with van der Waals surface area (Å²) < 4.78 is 13.0. The summed E-state index contributed by atoms with van der Waals surface area (Å²) in [4.78, 5) is 8.19. The van der Waals surface area contributed by atoms with Crippen LogP contribution in [0.5, 0.6) is 0 Å². The number of aryl methyl sites for hydroxylation is 1. The normalized spacial score (nSPS) is 9.81. The van der Waals surface area contributed by atoms with E-state index in [1.165, 1.54) is 12.1 Å². The molecule has 0 saturated heterocycles. The van der Waals surface area contributed by atoms with E-state index < -0.39 is 0 Å². The van der Waals surface area contributed by atoms with E-state index >= 15 is 0 Å². The Kier molecular flexibility index (Phi) is 2.61. The Balaban J connectivity index is 2.56. The van der Waals surface area contributed by atoms with Crippen LogP contribution in [0.3, 0.4) is 0 Å². The highest BCUT2D eigenvalue weighted by Crippen LogP contribution is 2.16. The van der Waals surface area contributed by atoms with Crippen molar-refractivity contribution < 1.29 is 4.39 Å². The molecule has 0 N–H and O–H groups in total. The topological polar surface area (TPSA) is 49.6 Å². The van der Waals surface area contributed by atoms with Crippen molar-refractivity contribution in [2.75, 3.05) is 0 Å². The minimum absolute atomic E-state index is 0.284. The Morgan fingerprint density at radius 3 is 2.75 bits per heavy atom. The zero-order valence-corrected chi connectivity index (χ0v) is 8.61. The van der Waals surface area contributed by atoms with Gasteiger partial charge in [-0.3, -0.25) is 0 Å². The van der Waals surface area contributed by atoms with E-state index in [-0.39, 0.29) is 11.5 Å². The summed E-state index contributed by atoms with van der Waals surface area (Å²) in [6.07, 6.45) is 0. The van der Waals surface area contributed by atoms with E-state index in [2.05, 4.69) is 9.97 Å². The Bertz CT molecular complexity index is 573. The number of hydrogen-bond donors (Lipinski definition) is 0. The van der Waals surface area contributed by atoms with E-state index in [1.54, 1.807) is 25.1 Å². The lowest BCUT2D eigenvalue weighted by molar-refractivity contribution is 0.628. The molecule has 0 radical (unpaired) electrons. The van der Waals surface area contributed by atoms with Crippen molar-refractivity contribution in [2.45, 2.75) is 6.92 Å². The molecule has 2 rings (SSSR count). The van der Waals surface area contributed by atoms with E-state index in [0.29, 0.717) is 17.1 Å². The predicted molar refractivity (Wildman–Crippen MR) is 56.9 cm³/mol. The molecule has 0 amide bonds. The molecule has 0 spiro atoms. The molecule has 1 heterocycles. The standard InChI is InChI=1S/C12H8FN3/c1-8-5-11(7-14)16-12(15-8)9-3-2-4-10(13)6-9/h2-6H,1H3. The van der Waals surface area contributed by atoms with Gasteiger partial charge in [-0.05, 0) is 25.1 Å². The zero-order chi connectivity index (χ0) is 11.5. The van der Waals surface area contributed by atoms with Gasteiger partial charge in [0.2, 0.25) is 0 Å². The first kappa shape index (κ1) is 10.2. The molecule has 2 aromatic rings. The minimum Gasteiger partial charge on any atom is -0.233 e. The van der Waals surface area contributed by atoms with Crippen LogP contribution in [-0.4, -0.2) is 9.97 Å². The average molecular weight is 213 g/mol. The first-order valence-electron chi connectivity index (χ1n) is 4.71. The molecular weight excluding hydrogens is 205 g/mol. The molecule has 0 unspecified atom stereocenters. The van der Waals surface area contributed by atoms with Gasteiger partial charge in [0.1, 0.15) is 17.6 Å². The van der Waals surface area contributed by atoms with Crippen LogP contribution in [0.25, 0.3) is 11.4 Å². The highest BCUT2D eigenvalue weighted by Gasteiger charge is 2.05. The van der Waals surface area contributed by atoms with Gasteiger partial charge in [0.15, 0.2) is 5.82 Å². The maximum Gasteiger partial charge on any atom is 0.160 e. The molecule has 0 aliphatic carbocycles. The third kappa shape index (κ3) is 2.04. The fraction of sp³-hybridized carbons (Fsp3) is 0.0833. The molecule has 0 aliphatic rings. The third-order valence-corrected chi connectivity index (χ3v) is 2.05. The number of aromatic nitrogens is 2. The van der Waals surface area contributed by atoms with E-state index in [4.69, 9.17) is 5.26 Å². The molecule has 1 aromatic carbocycles. The lowest BCUT2D eigenvalue weighted by Gasteiger charge is -2.01. The molecule has 1 aromatic heterocycles. The monoisotopic (exact) mass is 213 g/mol. The number of nitriles is 1. The van der Waals surface area contributed by atoms with Crippen LogP contribution in [0.4, 0.5) is 4.39 Å². The third-order valence-electron chi connectivity index (χ3n) is 2.05. The number of rotatable bonds is 1. The second kappa shape index (κ2) is 4.07. The van der Waals surface area contributed by atoms with Gasteiger partial charge in [-0.2, -0.15) is 5.26 Å². The Hall–Kier alpha value is -2.28. The zero-order valence-electron chi connectivity index (χ0n) is 8.61. The van der Waals surface area contributed by atoms with E-state index in [0.717, 1.165) is 0 Å². The van der Waals surface area contributed by atoms with Gasteiger partial charge in [0, 0.05) is 11.3 Å². The van der Waals surface area contributed by atoms with Crippen molar-refractivity contribution in [3.63, 3.8) is 0 Å². The summed E-state index contributed by atoms with van der Waals surface area (Å²) in [7, 11) is 0. The Labute approximate surface area is 92.2 Å². The highest BCUT2D eigenvalue weighted by atomic mass is 19.1. The molecular formula is C12H8FN3. The SMILES string of the molecule is Cc1cc(C#N)nc(-c2cccc(F)c2)n1. The smallest absolute Gasteiger partial charge is 0.160 e. The second-order valence-corrected chi connectivity index (χ2v) is 3.34. The molecule has 3 nitrogen and oxygen atoms in total. The van der Waals surface area contributed by atoms with Crippen molar-refractivity contribution in [2.24, 2.45) is 0 Å². The summed E-state index contributed by atoms with van der Waals surface area (Å²) in [5.74, 6) is 0.0252. The van der Waals surface area contributed by atoms with Gasteiger partial charge >= 0.3 is 0 Å². The van der Waals surface area contributed by atoms with Crippen LogP contribution in [0, 0.1) is 24.1 Å². The summed E-state index contributed by atoms with van der Waals surface area (Å²) >= 11 is 0. The summed E-state index contributed by atoms with van der Waals surface area (Å²) in [5.41, 5.74) is 1.54. The van der Waals surface area contributed by atoms with Crippen LogP contribution < -0.4 is 0 Å². The molecule has 4 heteroatoms. The van der Waals surface area contributed by atoms with Crippen LogP contribution in [0.15, 0.2) is 30.3 Å². The van der Waals surface area contributed by atoms with Crippen molar-refractivity contribution in [3.8, 4) is 17.5 Å². The fourth-order valence-electron chi connectivity index (χ4n) is 1.38. The van der Waals surface area contributed by atoms with Crippen molar-refractivity contribution in [1.82, 2.24) is 9.97 Å². The van der Waals surface area contributed by atoms with Gasteiger partial charge in [-0.1, -0.05) is 12.1 Å². The number of hydrogen-bond acceptors (Lipinski definition) is 3. The van der Waals surface area contributed by atoms with Gasteiger partial charge in [-0.25, -0.2) is 14.4 Å².